The number of alkyl carbamates (subject to hydrolysis) is 1. The summed E-state index contributed by atoms with van der Waals surface area (Å²) in [5.74, 6) is -0.401. The molecule has 0 fully saturated rings. The maximum atomic E-state index is 12.5. The molecule has 1 unspecified atom stereocenters. The number of amides is 1. The topological polar surface area (TPSA) is 64.6 Å². The zero-order valence-corrected chi connectivity index (χ0v) is 17.6. The van der Waals surface area contributed by atoms with Crippen molar-refractivity contribution in [3.63, 3.8) is 0 Å². The normalized spacial score (nSPS) is 11.6. The van der Waals surface area contributed by atoms with Gasteiger partial charge in [0, 0.05) is 6.42 Å². The Morgan fingerprint density at radius 1 is 0.821 bits per heavy atom. The minimum absolute atomic E-state index is 0.355. The van der Waals surface area contributed by atoms with E-state index < -0.39 is 18.1 Å². The molecule has 0 aromatic heterocycles. The molecule has 1 N–H and O–H groups in total. The Kier molecular flexibility index (Phi) is 13.7. The highest BCUT2D eigenvalue weighted by molar-refractivity contribution is 5.81. The van der Waals surface area contributed by atoms with Crippen LogP contribution in [0.4, 0.5) is 4.79 Å². The van der Waals surface area contributed by atoms with E-state index in [1.54, 1.807) is 0 Å². The van der Waals surface area contributed by atoms with Gasteiger partial charge in [0.2, 0.25) is 0 Å². The molecule has 0 spiro atoms. The van der Waals surface area contributed by atoms with E-state index in [0.717, 1.165) is 31.2 Å². The fourth-order valence-electron chi connectivity index (χ4n) is 2.87. The van der Waals surface area contributed by atoms with Crippen LogP contribution in [-0.4, -0.2) is 31.3 Å². The first kappa shape index (κ1) is 24.0. The van der Waals surface area contributed by atoms with Crippen LogP contribution in [0.5, 0.6) is 0 Å². The SMILES string of the molecule is CCCCCCCCCOC(=O)C(Cc1ccccc1)NC(=O)OCCCC. The van der Waals surface area contributed by atoms with Crippen molar-refractivity contribution in [3.05, 3.63) is 35.9 Å². The summed E-state index contributed by atoms with van der Waals surface area (Å²) in [4.78, 5) is 24.5. The number of hydrogen-bond acceptors (Lipinski definition) is 4. The molecule has 1 aromatic rings. The Labute approximate surface area is 170 Å². The summed E-state index contributed by atoms with van der Waals surface area (Å²) < 4.78 is 10.6. The van der Waals surface area contributed by atoms with E-state index in [9.17, 15) is 9.59 Å². The predicted molar refractivity (Wildman–Crippen MR) is 112 cm³/mol. The highest BCUT2D eigenvalue weighted by Gasteiger charge is 2.23. The predicted octanol–water partition coefficient (Wildman–Crippen LogP) is 5.42. The molecular formula is C23H37NO4. The summed E-state index contributed by atoms with van der Waals surface area (Å²) in [5.41, 5.74) is 0.967. The molecule has 0 aliphatic rings. The molecule has 28 heavy (non-hydrogen) atoms. The number of esters is 1. The van der Waals surface area contributed by atoms with Gasteiger partial charge in [0.05, 0.1) is 13.2 Å². The summed E-state index contributed by atoms with van der Waals surface area (Å²) in [6.45, 7) is 4.98. The van der Waals surface area contributed by atoms with Gasteiger partial charge in [-0.3, -0.25) is 0 Å². The maximum Gasteiger partial charge on any atom is 0.407 e. The summed E-state index contributed by atoms with van der Waals surface area (Å²) >= 11 is 0. The van der Waals surface area contributed by atoms with Crippen LogP contribution in [0.2, 0.25) is 0 Å². The van der Waals surface area contributed by atoms with Gasteiger partial charge in [0.25, 0.3) is 0 Å². The molecule has 1 amide bonds. The van der Waals surface area contributed by atoms with Gasteiger partial charge in [0.1, 0.15) is 6.04 Å². The van der Waals surface area contributed by atoms with Crippen LogP contribution < -0.4 is 5.32 Å². The molecule has 0 saturated heterocycles. The van der Waals surface area contributed by atoms with Gasteiger partial charge in [-0.15, -0.1) is 0 Å². The largest absolute Gasteiger partial charge is 0.464 e. The molecule has 0 aliphatic carbocycles. The molecule has 0 heterocycles. The average molecular weight is 392 g/mol. The van der Waals surface area contributed by atoms with Gasteiger partial charge in [-0.2, -0.15) is 0 Å². The minimum Gasteiger partial charge on any atom is -0.464 e. The first-order valence-corrected chi connectivity index (χ1v) is 10.8. The number of carbonyl (C=O) groups is 2. The van der Waals surface area contributed by atoms with Crippen molar-refractivity contribution in [1.82, 2.24) is 5.32 Å². The Morgan fingerprint density at radius 2 is 1.43 bits per heavy atom. The smallest absolute Gasteiger partial charge is 0.407 e. The van der Waals surface area contributed by atoms with Crippen LogP contribution in [0, 0.1) is 0 Å². The molecule has 0 radical (unpaired) electrons. The lowest BCUT2D eigenvalue weighted by atomic mass is 10.1. The summed E-state index contributed by atoms with van der Waals surface area (Å²) in [6, 6.07) is 8.87. The molecular weight excluding hydrogens is 354 g/mol. The van der Waals surface area contributed by atoms with Crippen LogP contribution in [-0.2, 0) is 20.7 Å². The summed E-state index contributed by atoms with van der Waals surface area (Å²) in [6.07, 6.45) is 9.71. The van der Waals surface area contributed by atoms with Crippen molar-refractivity contribution in [2.24, 2.45) is 0 Å². The maximum absolute atomic E-state index is 12.5. The summed E-state index contributed by atoms with van der Waals surface area (Å²) in [7, 11) is 0. The zero-order chi connectivity index (χ0) is 20.5. The van der Waals surface area contributed by atoms with E-state index in [1.807, 2.05) is 37.3 Å². The Hall–Kier alpha value is -2.04. The number of unbranched alkanes of at least 4 members (excludes halogenated alkanes) is 7. The van der Waals surface area contributed by atoms with Gasteiger partial charge in [-0.05, 0) is 18.4 Å². The van der Waals surface area contributed by atoms with Crippen LogP contribution in [0.1, 0.15) is 77.2 Å². The Morgan fingerprint density at radius 3 is 2.11 bits per heavy atom. The zero-order valence-electron chi connectivity index (χ0n) is 17.6. The fraction of sp³-hybridized carbons (Fsp3) is 0.652. The number of benzene rings is 1. The third-order valence-electron chi connectivity index (χ3n) is 4.58. The lowest BCUT2D eigenvalue weighted by Crippen LogP contribution is -2.43. The monoisotopic (exact) mass is 391 g/mol. The minimum atomic E-state index is -0.735. The van der Waals surface area contributed by atoms with E-state index >= 15 is 0 Å². The van der Waals surface area contributed by atoms with E-state index in [4.69, 9.17) is 9.47 Å². The highest BCUT2D eigenvalue weighted by Crippen LogP contribution is 2.09. The average Bonchev–Trinajstić information content (AvgIpc) is 2.70. The van der Waals surface area contributed by atoms with E-state index in [0.29, 0.717) is 19.6 Å². The molecule has 1 aromatic carbocycles. The van der Waals surface area contributed by atoms with Crippen molar-refractivity contribution in [1.29, 1.82) is 0 Å². The van der Waals surface area contributed by atoms with E-state index in [1.165, 1.54) is 32.1 Å². The second-order valence-electron chi connectivity index (χ2n) is 7.16. The second kappa shape index (κ2) is 16.0. The lowest BCUT2D eigenvalue weighted by Gasteiger charge is -2.18. The van der Waals surface area contributed by atoms with E-state index in [2.05, 4.69) is 12.2 Å². The van der Waals surface area contributed by atoms with Crippen LogP contribution >= 0.6 is 0 Å². The van der Waals surface area contributed by atoms with Gasteiger partial charge in [0.15, 0.2) is 0 Å². The number of hydrogen-bond donors (Lipinski definition) is 1. The second-order valence-corrected chi connectivity index (χ2v) is 7.16. The van der Waals surface area contributed by atoms with Crippen molar-refractivity contribution in [2.75, 3.05) is 13.2 Å². The van der Waals surface area contributed by atoms with Crippen molar-refractivity contribution < 1.29 is 19.1 Å². The molecule has 1 rings (SSSR count). The fourth-order valence-corrected chi connectivity index (χ4v) is 2.87. The Balaban J connectivity index is 2.41. The van der Waals surface area contributed by atoms with Crippen LogP contribution in [0.3, 0.4) is 0 Å². The number of ether oxygens (including phenoxy) is 2. The first-order valence-electron chi connectivity index (χ1n) is 10.8. The standard InChI is InChI=1S/C23H37NO4/c1-3-5-7-8-9-10-14-18-27-22(25)21(19-20-15-12-11-13-16-20)24-23(26)28-17-6-4-2/h11-13,15-16,21H,3-10,14,17-19H2,1-2H3,(H,24,26). The van der Waals surface area contributed by atoms with Gasteiger partial charge >= 0.3 is 12.1 Å². The van der Waals surface area contributed by atoms with Crippen molar-refractivity contribution in [2.45, 2.75) is 84.1 Å². The first-order chi connectivity index (χ1) is 13.7. The molecule has 0 aliphatic heterocycles. The van der Waals surface area contributed by atoms with Gasteiger partial charge < -0.3 is 14.8 Å². The molecule has 1 atom stereocenters. The van der Waals surface area contributed by atoms with Gasteiger partial charge in [-0.1, -0.05) is 89.1 Å². The van der Waals surface area contributed by atoms with Crippen molar-refractivity contribution in [3.8, 4) is 0 Å². The molecule has 158 valence electrons. The Bertz CT molecular complexity index is 533. The van der Waals surface area contributed by atoms with E-state index in [-0.39, 0.29) is 0 Å². The third-order valence-corrected chi connectivity index (χ3v) is 4.58. The number of carbonyl (C=O) groups excluding carboxylic acids is 2. The molecule has 0 saturated carbocycles. The quantitative estimate of drug-likeness (QED) is 0.320. The molecule has 5 heteroatoms. The number of nitrogens with one attached hydrogen (secondary N) is 1. The molecule has 0 bridgehead atoms. The van der Waals surface area contributed by atoms with Gasteiger partial charge in [-0.25, -0.2) is 9.59 Å². The molecule has 5 nitrogen and oxygen atoms in total. The lowest BCUT2D eigenvalue weighted by molar-refractivity contribution is -0.146. The van der Waals surface area contributed by atoms with Crippen molar-refractivity contribution >= 4 is 12.1 Å². The summed E-state index contributed by atoms with van der Waals surface area (Å²) in [5, 5.41) is 2.66. The number of rotatable bonds is 15. The highest BCUT2D eigenvalue weighted by atomic mass is 16.6. The van der Waals surface area contributed by atoms with Crippen LogP contribution in [0.15, 0.2) is 30.3 Å². The third kappa shape index (κ3) is 11.6. The van der Waals surface area contributed by atoms with Crippen LogP contribution in [0.25, 0.3) is 0 Å².